The molecule has 0 saturated carbocycles. The molecule has 0 aliphatic rings. The first-order chi connectivity index (χ1) is 22.5. The van der Waals surface area contributed by atoms with Crippen LogP contribution in [0.2, 0.25) is 0 Å². The van der Waals surface area contributed by atoms with Gasteiger partial charge in [-0.15, -0.1) is 0 Å². The van der Waals surface area contributed by atoms with E-state index in [1.807, 2.05) is 64.8 Å². The van der Waals surface area contributed by atoms with Crippen LogP contribution in [0.25, 0.3) is 0 Å². The molecular weight excluding hydrogens is 757 g/mol. The minimum absolute atomic E-state index is 0.208. The Morgan fingerprint density at radius 1 is 0.426 bits per heavy atom. The predicted molar refractivity (Wildman–Crippen MR) is 216 cm³/mol. The van der Waals surface area contributed by atoms with Crippen molar-refractivity contribution in [3.8, 4) is 0 Å². The van der Waals surface area contributed by atoms with Gasteiger partial charge < -0.3 is 20.4 Å². The van der Waals surface area contributed by atoms with E-state index in [1.54, 1.807) is 0 Å². The third-order valence-corrected chi connectivity index (χ3v) is 16.8. The largest absolute Gasteiger partial charge is 0.481 e. The van der Waals surface area contributed by atoms with Gasteiger partial charge in [0.05, 0.1) is 0 Å². The first-order valence-corrected chi connectivity index (χ1v) is 24.8. The van der Waals surface area contributed by atoms with E-state index in [4.69, 9.17) is 20.4 Å². The van der Waals surface area contributed by atoms with Crippen molar-refractivity contribution in [1.82, 2.24) is 0 Å². The van der Waals surface area contributed by atoms with E-state index in [0.717, 1.165) is 93.6 Å². The highest BCUT2D eigenvalue weighted by Crippen LogP contribution is 2.38. The van der Waals surface area contributed by atoms with Crippen LogP contribution in [0.3, 0.4) is 0 Å². The van der Waals surface area contributed by atoms with Gasteiger partial charge in [-0.1, -0.05) is 90.4 Å². The van der Waals surface area contributed by atoms with Gasteiger partial charge in [0.2, 0.25) is 0 Å². The van der Waals surface area contributed by atoms with Gasteiger partial charge in [0.15, 0.2) is 0 Å². The van der Waals surface area contributed by atoms with Crippen LogP contribution in [0.1, 0.15) is 122 Å². The number of hydrogen-bond donors (Lipinski definition) is 6. The molecule has 0 aromatic rings. The number of carboxylic acid groups (broad SMARTS) is 4. The molecule has 0 aliphatic carbocycles. The van der Waals surface area contributed by atoms with E-state index >= 15 is 0 Å². The summed E-state index contributed by atoms with van der Waals surface area (Å²) >= 11 is 9.33. The van der Waals surface area contributed by atoms with Gasteiger partial charge in [-0.05, 0) is 70.6 Å². The third-order valence-electron chi connectivity index (χ3n) is 7.02. The molecule has 0 rings (SSSR count). The molecule has 0 aliphatic heterocycles. The molecule has 4 unspecified atom stereocenters. The standard InChI is InChI=1S/C31H56O8S8/c32-28(33)13-5-1-9-24(40)17-20-43-46-27(12-4-8-16-31(38)39)19-22-44-47-26(11-3-7-15-30(36)37)18-21-42-45-23-25(41)10-2-6-14-29(34)35/h24-27,40-41H,1-23H2,(H,32,33)(H,34,35)(H,36,37)(H,38,39). The molecule has 16 heteroatoms. The SMILES string of the molecule is O=C(O)CCCCC(S)CCSSC(CCCCC(=O)O)CCSSC(CCCCC(=O)O)CCSSCC(S)CCCCC(=O)O. The summed E-state index contributed by atoms with van der Waals surface area (Å²) in [5, 5.41) is 37.0. The van der Waals surface area contributed by atoms with E-state index in [1.165, 1.54) is 0 Å². The van der Waals surface area contributed by atoms with Crippen molar-refractivity contribution < 1.29 is 39.6 Å². The lowest BCUT2D eigenvalue weighted by molar-refractivity contribution is -0.138. The molecule has 0 amide bonds. The Labute approximate surface area is 317 Å². The van der Waals surface area contributed by atoms with Crippen molar-refractivity contribution in [2.24, 2.45) is 0 Å². The summed E-state index contributed by atoms with van der Waals surface area (Å²) in [4.78, 5) is 43.3. The molecule has 0 bridgehead atoms. The molecule has 47 heavy (non-hydrogen) atoms. The van der Waals surface area contributed by atoms with Crippen molar-refractivity contribution >= 4 is 114 Å². The van der Waals surface area contributed by atoms with Gasteiger partial charge in [0.25, 0.3) is 0 Å². The van der Waals surface area contributed by atoms with Crippen LogP contribution in [-0.2, 0) is 19.2 Å². The van der Waals surface area contributed by atoms with Crippen molar-refractivity contribution in [1.29, 1.82) is 0 Å². The second-order valence-electron chi connectivity index (χ2n) is 11.4. The summed E-state index contributed by atoms with van der Waals surface area (Å²) in [5.41, 5.74) is 0. The molecule has 0 spiro atoms. The van der Waals surface area contributed by atoms with Gasteiger partial charge in [0, 0.05) is 69.7 Å². The second kappa shape index (κ2) is 33.8. The maximum Gasteiger partial charge on any atom is 0.303 e. The van der Waals surface area contributed by atoms with Crippen LogP contribution in [0.4, 0.5) is 0 Å². The molecule has 0 fully saturated rings. The molecule has 0 radical (unpaired) electrons. The van der Waals surface area contributed by atoms with Crippen molar-refractivity contribution in [2.45, 2.75) is 143 Å². The first-order valence-electron chi connectivity index (χ1n) is 16.5. The highest BCUT2D eigenvalue weighted by atomic mass is 33.1. The van der Waals surface area contributed by atoms with Gasteiger partial charge in [-0.3, -0.25) is 19.2 Å². The predicted octanol–water partition coefficient (Wildman–Crippen LogP) is 10.2. The van der Waals surface area contributed by atoms with Crippen LogP contribution in [-0.4, -0.2) is 88.3 Å². The molecule has 4 N–H and O–H groups in total. The monoisotopic (exact) mass is 812 g/mol. The number of aliphatic carboxylic acids is 4. The van der Waals surface area contributed by atoms with Gasteiger partial charge in [-0.25, -0.2) is 0 Å². The highest BCUT2D eigenvalue weighted by Gasteiger charge is 2.15. The molecule has 0 aromatic carbocycles. The van der Waals surface area contributed by atoms with Crippen LogP contribution < -0.4 is 0 Å². The Morgan fingerprint density at radius 2 is 0.787 bits per heavy atom. The lowest BCUT2D eigenvalue weighted by atomic mass is 10.1. The zero-order chi connectivity index (χ0) is 35.1. The van der Waals surface area contributed by atoms with E-state index in [-0.39, 0.29) is 36.2 Å². The lowest BCUT2D eigenvalue weighted by Gasteiger charge is -2.18. The number of rotatable bonds is 36. The smallest absolute Gasteiger partial charge is 0.303 e. The van der Waals surface area contributed by atoms with Crippen LogP contribution >= 0.6 is 90.0 Å². The van der Waals surface area contributed by atoms with Crippen molar-refractivity contribution in [3.63, 3.8) is 0 Å². The maximum absolute atomic E-state index is 11.0. The van der Waals surface area contributed by atoms with Gasteiger partial charge >= 0.3 is 23.9 Å². The number of hydrogen-bond acceptors (Lipinski definition) is 12. The zero-order valence-corrected chi connectivity index (χ0v) is 34.0. The fourth-order valence-corrected chi connectivity index (χ4v) is 13.9. The number of unbranched alkanes of at least 4 members (excludes halogenated alkanes) is 4. The summed E-state index contributed by atoms with van der Waals surface area (Å²) in [6.07, 6.45) is 14.1. The van der Waals surface area contributed by atoms with E-state index < -0.39 is 23.9 Å². The summed E-state index contributed by atoms with van der Waals surface area (Å²) in [7, 11) is 11.3. The molecule has 0 saturated heterocycles. The number of carboxylic acids is 4. The van der Waals surface area contributed by atoms with Gasteiger partial charge in [-0.2, -0.15) is 25.3 Å². The molecule has 276 valence electrons. The lowest BCUT2D eigenvalue weighted by Crippen LogP contribution is -2.07. The fraction of sp³-hybridized carbons (Fsp3) is 0.871. The first kappa shape index (κ1) is 47.7. The summed E-state index contributed by atoms with van der Waals surface area (Å²) in [6.45, 7) is 0. The molecular formula is C31H56O8S8. The number of carbonyl (C=O) groups is 4. The van der Waals surface area contributed by atoms with Crippen molar-refractivity contribution in [2.75, 3.05) is 23.0 Å². The summed E-state index contributed by atoms with van der Waals surface area (Å²) in [5.74, 6) is 0.954. The second-order valence-corrected chi connectivity index (χ2v) is 21.1. The fourth-order valence-electron chi connectivity index (χ4n) is 4.34. The number of thiol groups is 2. The normalized spacial score (nSPS) is 14.0. The average molecular weight is 813 g/mol. The van der Waals surface area contributed by atoms with E-state index in [0.29, 0.717) is 36.2 Å². The molecule has 4 atom stereocenters. The van der Waals surface area contributed by atoms with Crippen LogP contribution in [0.15, 0.2) is 0 Å². The minimum Gasteiger partial charge on any atom is -0.481 e. The van der Waals surface area contributed by atoms with Crippen LogP contribution in [0, 0.1) is 0 Å². The Balaban J connectivity index is 4.57. The van der Waals surface area contributed by atoms with E-state index in [9.17, 15) is 19.2 Å². The topological polar surface area (TPSA) is 149 Å². The Morgan fingerprint density at radius 3 is 1.21 bits per heavy atom. The van der Waals surface area contributed by atoms with E-state index in [2.05, 4.69) is 25.3 Å². The Bertz CT molecular complexity index is 826. The quantitative estimate of drug-likeness (QED) is 0.0202. The highest BCUT2D eigenvalue weighted by molar-refractivity contribution is 8.77. The molecule has 0 aromatic heterocycles. The Hall–Kier alpha value is 0.680. The van der Waals surface area contributed by atoms with Crippen molar-refractivity contribution in [3.05, 3.63) is 0 Å². The molecule has 8 nitrogen and oxygen atoms in total. The average Bonchev–Trinajstić information content (AvgIpc) is 3.00. The summed E-state index contributed by atoms with van der Waals surface area (Å²) < 4.78 is 0. The maximum atomic E-state index is 11.0. The molecule has 0 heterocycles. The minimum atomic E-state index is -0.749. The zero-order valence-electron chi connectivity index (χ0n) is 27.3. The summed E-state index contributed by atoms with van der Waals surface area (Å²) in [6, 6.07) is 0. The van der Waals surface area contributed by atoms with Crippen LogP contribution in [0.5, 0.6) is 0 Å². The Kier molecular flexibility index (Phi) is 34.3. The third kappa shape index (κ3) is 36.3. The van der Waals surface area contributed by atoms with Gasteiger partial charge in [0.1, 0.15) is 0 Å².